The first-order valence-electron chi connectivity index (χ1n) is 30.1. The Kier molecular flexibility index (Phi) is 54.8. The van der Waals surface area contributed by atoms with Gasteiger partial charge in [0.1, 0.15) is 12.7 Å². The number of unbranched alkanes of at least 4 members (excludes halogenated alkanes) is 22. The Bertz CT molecular complexity index is 1640. The zero-order valence-electron chi connectivity index (χ0n) is 48.2. The zero-order chi connectivity index (χ0) is 55.5. The minimum absolute atomic E-state index is 0.146. The number of carbonyl (C=O) groups is 3. The molecule has 11 nitrogen and oxygen atoms in total. The first kappa shape index (κ1) is 72.4. The number of ether oxygens (including phenoxy) is 3. The Labute approximate surface area is 463 Å². The van der Waals surface area contributed by atoms with Crippen LogP contribution in [-0.2, 0) is 42.2 Å². The molecule has 3 atom stereocenters. The van der Waals surface area contributed by atoms with Crippen LogP contribution in [0.1, 0.15) is 252 Å². The first-order valence-corrected chi connectivity index (χ1v) is 31.6. The number of carbonyl (C=O) groups excluding carboxylic acids is 3. The minimum Gasteiger partial charge on any atom is -0.462 e. The molecule has 0 aromatic rings. The third-order valence-electron chi connectivity index (χ3n) is 12.5. The lowest BCUT2D eigenvalue weighted by molar-refractivity contribution is -0.161. The first-order chi connectivity index (χ1) is 37.2. The highest BCUT2D eigenvalue weighted by molar-refractivity contribution is 7.47. The number of hydrogen-bond donors (Lipinski definition) is 2. The Hall–Kier alpha value is -3.60. The summed E-state index contributed by atoms with van der Waals surface area (Å²) >= 11 is 0. The van der Waals surface area contributed by atoms with Crippen molar-refractivity contribution < 1.29 is 52.2 Å². The van der Waals surface area contributed by atoms with Gasteiger partial charge in [-0.05, 0) is 116 Å². The van der Waals surface area contributed by atoms with Crippen LogP contribution in [0.5, 0.6) is 0 Å². The van der Waals surface area contributed by atoms with Crippen LogP contribution in [0.25, 0.3) is 0 Å². The minimum atomic E-state index is -4.76. The molecule has 12 heteroatoms. The largest absolute Gasteiger partial charge is 0.472 e. The van der Waals surface area contributed by atoms with Crippen molar-refractivity contribution in [1.29, 1.82) is 0 Å². The van der Waals surface area contributed by atoms with Gasteiger partial charge in [-0.15, -0.1) is 0 Å². The van der Waals surface area contributed by atoms with E-state index in [2.05, 4.69) is 118 Å². The second-order valence-corrected chi connectivity index (χ2v) is 21.2. The van der Waals surface area contributed by atoms with Gasteiger partial charge in [0.15, 0.2) is 6.10 Å². The Morgan fingerprint density at radius 2 is 0.684 bits per heavy atom. The van der Waals surface area contributed by atoms with Crippen LogP contribution in [0.15, 0.2) is 97.2 Å². The number of phosphoric ester groups is 1. The van der Waals surface area contributed by atoms with Gasteiger partial charge in [0.2, 0.25) is 0 Å². The van der Waals surface area contributed by atoms with Crippen molar-refractivity contribution in [1.82, 2.24) is 0 Å². The molecule has 0 aliphatic carbocycles. The lowest BCUT2D eigenvalue weighted by Gasteiger charge is -2.21. The molecule has 0 fully saturated rings. The summed E-state index contributed by atoms with van der Waals surface area (Å²) in [6, 6.07) is 0. The fourth-order valence-electron chi connectivity index (χ4n) is 7.94. The lowest BCUT2D eigenvalue weighted by Crippen LogP contribution is -2.30. The summed E-state index contributed by atoms with van der Waals surface area (Å²) in [6.45, 7) is 4.38. The topological polar surface area (TPSA) is 155 Å². The molecule has 0 aromatic heterocycles. The average Bonchev–Trinajstić information content (AvgIpc) is 3.41. The SMILES string of the molecule is CC/C=C\C/C=C\C/C=C\C/C=C\CCCCCCC(=O)OCC(COP(=O)(O)OCC(CO)OC(=O)CCCCCCC/C=C\CCCCCCCC)OC(=O)CCCCCCCCC/C=C\C/C=C\C/C=C\CC. The Balaban J connectivity index is 4.78. The summed E-state index contributed by atoms with van der Waals surface area (Å²) < 4.78 is 39.6. The van der Waals surface area contributed by atoms with Crippen LogP contribution in [0, 0.1) is 0 Å². The molecule has 0 rings (SSSR count). The van der Waals surface area contributed by atoms with E-state index in [9.17, 15) is 28.9 Å². The molecule has 0 radical (unpaired) electrons. The molecule has 0 saturated heterocycles. The quantitative estimate of drug-likeness (QED) is 0.0197. The van der Waals surface area contributed by atoms with Gasteiger partial charge in [0, 0.05) is 19.3 Å². The fourth-order valence-corrected chi connectivity index (χ4v) is 8.73. The number of esters is 3. The maximum atomic E-state index is 12.9. The molecule has 0 saturated carbocycles. The van der Waals surface area contributed by atoms with E-state index in [-0.39, 0.29) is 25.9 Å². The van der Waals surface area contributed by atoms with E-state index in [1.54, 1.807) is 0 Å². The summed E-state index contributed by atoms with van der Waals surface area (Å²) in [6.07, 6.45) is 67.8. The molecule has 0 heterocycles. The van der Waals surface area contributed by atoms with Gasteiger partial charge in [-0.25, -0.2) is 4.57 Å². The molecule has 0 spiro atoms. The highest BCUT2D eigenvalue weighted by Crippen LogP contribution is 2.43. The van der Waals surface area contributed by atoms with Crippen molar-refractivity contribution in [2.45, 2.75) is 264 Å². The van der Waals surface area contributed by atoms with Gasteiger partial charge in [0.05, 0.1) is 19.8 Å². The molecule has 436 valence electrons. The van der Waals surface area contributed by atoms with Crippen molar-refractivity contribution in [3.05, 3.63) is 97.2 Å². The van der Waals surface area contributed by atoms with Gasteiger partial charge in [-0.1, -0.05) is 214 Å². The molecule has 2 N–H and O–H groups in total. The van der Waals surface area contributed by atoms with Crippen molar-refractivity contribution in [3.63, 3.8) is 0 Å². The highest BCUT2D eigenvalue weighted by atomic mass is 31.2. The van der Waals surface area contributed by atoms with Crippen LogP contribution in [-0.4, -0.2) is 66.5 Å². The smallest absolute Gasteiger partial charge is 0.462 e. The van der Waals surface area contributed by atoms with E-state index < -0.39 is 57.8 Å². The number of rotatable bonds is 55. The summed E-state index contributed by atoms with van der Waals surface area (Å²) in [4.78, 5) is 48.6. The van der Waals surface area contributed by atoms with Gasteiger partial charge >= 0.3 is 25.7 Å². The molecule has 0 bridgehead atoms. The normalized spacial score (nSPS) is 14.0. The zero-order valence-corrected chi connectivity index (χ0v) is 49.1. The second-order valence-electron chi connectivity index (χ2n) is 19.7. The molecular formula is C64H109O11P. The molecule has 0 aromatic carbocycles. The van der Waals surface area contributed by atoms with Crippen molar-refractivity contribution in [3.8, 4) is 0 Å². The predicted molar refractivity (Wildman–Crippen MR) is 316 cm³/mol. The second kappa shape index (κ2) is 57.6. The number of aliphatic hydroxyl groups is 1. The monoisotopic (exact) mass is 1080 g/mol. The standard InChI is InChI=1S/C64H109O11P/c1-4-7-10-13-16-19-22-25-28-30-33-35-38-41-44-47-50-53-62(66)71-57-61(75-64(68)55-52-49-46-43-40-37-34-31-29-26-23-20-17-14-11-8-5-2)59-73-76(69,70)72-58-60(56-65)74-63(67)54-51-48-45-42-39-36-32-27-24-21-18-15-12-9-6-3/h7-8,10-11,16-17,19-20,25-29,32-33,35,60-61,65H,4-6,9,12-15,18,21-24,30-31,34,36-59H2,1-3H3,(H,69,70)/b10-7-,11-8-,19-16-,20-17-,28-25-,29-26-,32-27-,35-33-. The van der Waals surface area contributed by atoms with E-state index in [0.717, 1.165) is 148 Å². The van der Waals surface area contributed by atoms with E-state index in [4.69, 9.17) is 23.3 Å². The molecule has 0 amide bonds. The average molecular weight is 1090 g/mol. The summed E-state index contributed by atoms with van der Waals surface area (Å²) in [5.41, 5.74) is 0. The van der Waals surface area contributed by atoms with Crippen LogP contribution in [0.2, 0.25) is 0 Å². The van der Waals surface area contributed by atoms with E-state index in [0.29, 0.717) is 19.3 Å². The predicted octanol–water partition coefficient (Wildman–Crippen LogP) is 18.0. The van der Waals surface area contributed by atoms with Crippen LogP contribution >= 0.6 is 7.82 Å². The molecule has 3 unspecified atom stereocenters. The van der Waals surface area contributed by atoms with Gasteiger partial charge in [0.25, 0.3) is 0 Å². The van der Waals surface area contributed by atoms with E-state index >= 15 is 0 Å². The molecular weight excluding hydrogens is 976 g/mol. The number of hydrogen-bond acceptors (Lipinski definition) is 10. The third-order valence-corrected chi connectivity index (χ3v) is 13.4. The lowest BCUT2D eigenvalue weighted by atomic mass is 10.1. The van der Waals surface area contributed by atoms with Crippen molar-refractivity contribution in [2.75, 3.05) is 26.4 Å². The summed E-state index contributed by atoms with van der Waals surface area (Å²) in [7, 11) is -4.76. The molecule has 76 heavy (non-hydrogen) atoms. The number of aliphatic hydroxyl groups excluding tert-OH is 1. The van der Waals surface area contributed by atoms with Crippen molar-refractivity contribution in [2.24, 2.45) is 0 Å². The van der Waals surface area contributed by atoms with E-state index in [1.807, 2.05) is 0 Å². The van der Waals surface area contributed by atoms with Crippen LogP contribution in [0.4, 0.5) is 0 Å². The summed E-state index contributed by atoms with van der Waals surface area (Å²) in [5, 5.41) is 9.83. The van der Waals surface area contributed by atoms with Crippen LogP contribution in [0.3, 0.4) is 0 Å². The number of phosphoric acid groups is 1. The maximum absolute atomic E-state index is 12.9. The van der Waals surface area contributed by atoms with Crippen molar-refractivity contribution >= 4 is 25.7 Å². The van der Waals surface area contributed by atoms with Gasteiger partial charge in [-0.3, -0.25) is 23.4 Å². The number of allylic oxidation sites excluding steroid dienone is 16. The Morgan fingerprint density at radius 3 is 1.07 bits per heavy atom. The maximum Gasteiger partial charge on any atom is 0.472 e. The third kappa shape index (κ3) is 55.2. The van der Waals surface area contributed by atoms with E-state index in [1.165, 1.54) is 44.9 Å². The van der Waals surface area contributed by atoms with Gasteiger partial charge in [-0.2, -0.15) is 0 Å². The summed E-state index contributed by atoms with van der Waals surface area (Å²) in [5.74, 6) is -1.51. The Morgan fingerprint density at radius 1 is 0.382 bits per heavy atom. The van der Waals surface area contributed by atoms with Gasteiger partial charge < -0.3 is 24.2 Å². The molecule has 0 aliphatic heterocycles. The van der Waals surface area contributed by atoms with Crippen LogP contribution < -0.4 is 0 Å². The molecule has 0 aliphatic rings. The highest BCUT2D eigenvalue weighted by Gasteiger charge is 2.28. The fraction of sp³-hybridized carbons (Fsp3) is 0.703.